The van der Waals surface area contributed by atoms with Crippen molar-refractivity contribution in [3.8, 4) is 0 Å². The second-order valence-electron chi connectivity index (χ2n) is 6.35. The van der Waals surface area contributed by atoms with Gasteiger partial charge in [0.2, 0.25) is 0 Å². The van der Waals surface area contributed by atoms with Gasteiger partial charge >= 0.3 is 0 Å². The van der Waals surface area contributed by atoms with E-state index in [2.05, 4.69) is 36.7 Å². The summed E-state index contributed by atoms with van der Waals surface area (Å²) in [6.07, 6.45) is 2.37. The summed E-state index contributed by atoms with van der Waals surface area (Å²) in [5, 5.41) is 4.31. The number of hydrogen-bond acceptors (Lipinski definition) is 2. The molecule has 0 bridgehead atoms. The van der Waals surface area contributed by atoms with Crippen LogP contribution in [0.1, 0.15) is 45.5 Å². The number of halogens is 1. The van der Waals surface area contributed by atoms with E-state index >= 15 is 0 Å². The van der Waals surface area contributed by atoms with Gasteiger partial charge in [0.05, 0.1) is 16.1 Å². The third-order valence-electron chi connectivity index (χ3n) is 4.31. The fraction of sp³-hybridized carbons (Fsp3) is 0.562. The fourth-order valence-corrected chi connectivity index (χ4v) is 3.54. The van der Waals surface area contributed by atoms with Crippen LogP contribution in [0.2, 0.25) is 5.02 Å². The fourth-order valence-electron chi connectivity index (χ4n) is 3.28. The highest BCUT2D eigenvalue weighted by Gasteiger charge is 2.34. The van der Waals surface area contributed by atoms with Crippen LogP contribution in [-0.2, 0) is 5.41 Å². The van der Waals surface area contributed by atoms with Gasteiger partial charge in [0.25, 0.3) is 0 Å². The summed E-state index contributed by atoms with van der Waals surface area (Å²) >= 11 is 6.43. The lowest BCUT2D eigenvalue weighted by molar-refractivity contribution is 0.310. The molecule has 1 aliphatic rings. The molecule has 1 atom stereocenters. The number of nitrogens with one attached hydrogen (secondary N) is 1. The van der Waals surface area contributed by atoms with Crippen molar-refractivity contribution >= 4 is 22.6 Å². The van der Waals surface area contributed by atoms with Crippen molar-refractivity contribution in [1.29, 1.82) is 0 Å². The van der Waals surface area contributed by atoms with Crippen LogP contribution >= 0.6 is 11.6 Å². The molecule has 1 N–H and O–H groups in total. The van der Waals surface area contributed by atoms with E-state index in [1.165, 1.54) is 18.7 Å². The number of aromatic nitrogens is 2. The molecule has 0 spiro atoms. The Morgan fingerprint density at radius 3 is 2.85 bits per heavy atom. The highest BCUT2D eigenvalue weighted by atomic mass is 35.5. The van der Waals surface area contributed by atoms with Gasteiger partial charge in [-0.3, -0.25) is 0 Å². The van der Waals surface area contributed by atoms with Crippen LogP contribution in [0.25, 0.3) is 11.0 Å². The lowest BCUT2D eigenvalue weighted by Gasteiger charge is -2.34. The zero-order valence-electron chi connectivity index (χ0n) is 12.4. The second kappa shape index (κ2) is 5.05. The maximum Gasteiger partial charge on any atom is 0.117 e. The van der Waals surface area contributed by atoms with Gasteiger partial charge in [0, 0.05) is 18.0 Å². The van der Waals surface area contributed by atoms with Crippen LogP contribution in [0.3, 0.4) is 0 Å². The molecule has 1 aromatic carbocycles. The van der Waals surface area contributed by atoms with Crippen LogP contribution < -0.4 is 5.32 Å². The lowest BCUT2D eigenvalue weighted by Crippen LogP contribution is -2.43. The first-order valence-corrected chi connectivity index (χ1v) is 7.78. The number of fused-ring (bicyclic) bond motifs is 1. The Balaban J connectivity index is 2.24. The molecule has 1 aliphatic heterocycles. The standard InChI is InChI=1S/C16H22ClN3/c1-11(2)20-14-12(17)6-4-7-13(14)19-15(20)16(3)8-5-9-18-10-16/h4,6-7,11,18H,5,8-10H2,1-3H3. The van der Waals surface area contributed by atoms with Crippen molar-refractivity contribution in [2.24, 2.45) is 0 Å². The Morgan fingerprint density at radius 2 is 2.20 bits per heavy atom. The highest BCUT2D eigenvalue weighted by molar-refractivity contribution is 6.35. The molecular formula is C16H22ClN3. The van der Waals surface area contributed by atoms with E-state index in [1.54, 1.807) is 0 Å². The maximum absolute atomic E-state index is 6.43. The van der Waals surface area contributed by atoms with E-state index in [4.69, 9.17) is 16.6 Å². The number of hydrogen-bond donors (Lipinski definition) is 1. The molecule has 3 nitrogen and oxygen atoms in total. The molecule has 108 valence electrons. The molecule has 1 fully saturated rings. The summed E-state index contributed by atoms with van der Waals surface area (Å²) in [7, 11) is 0. The van der Waals surface area contributed by atoms with Gasteiger partial charge in [0.1, 0.15) is 5.82 Å². The number of rotatable bonds is 2. The van der Waals surface area contributed by atoms with Gasteiger partial charge in [0.15, 0.2) is 0 Å². The Kier molecular flexibility index (Phi) is 3.51. The average molecular weight is 292 g/mol. The molecule has 2 heterocycles. The van der Waals surface area contributed by atoms with Crippen molar-refractivity contribution < 1.29 is 0 Å². The quantitative estimate of drug-likeness (QED) is 0.909. The van der Waals surface area contributed by atoms with E-state index in [9.17, 15) is 0 Å². The molecule has 1 saturated heterocycles. The van der Waals surface area contributed by atoms with Crippen molar-refractivity contribution in [3.05, 3.63) is 29.0 Å². The number of nitrogens with zero attached hydrogens (tertiary/aromatic N) is 2. The predicted molar refractivity (Wildman–Crippen MR) is 84.6 cm³/mol. The highest BCUT2D eigenvalue weighted by Crippen LogP contribution is 2.36. The number of imidazole rings is 1. The van der Waals surface area contributed by atoms with Crippen LogP contribution in [0.4, 0.5) is 0 Å². The second-order valence-corrected chi connectivity index (χ2v) is 6.75. The summed E-state index contributed by atoms with van der Waals surface area (Å²) < 4.78 is 2.32. The van der Waals surface area contributed by atoms with Crippen molar-refractivity contribution in [2.75, 3.05) is 13.1 Å². The Bertz CT molecular complexity index is 624. The van der Waals surface area contributed by atoms with E-state index in [-0.39, 0.29) is 5.41 Å². The largest absolute Gasteiger partial charge is 0.324 e. The first kappa shape index (κ1) is 13.9. The minimum absolute atomic E-state index is 0.0882. The number of para-hydroxylation sites is 1. The minimum atomic E-state index is 0.0882. The first-order valence-electron chi connectivity index (χ1n) is 7.40. The molecule has 20 heavy (non-hydrogen) atoms. The summed E-state index contributed by atoms with van der Waals surface area (Å²) in [6.45, 7) is 8.81. The van der Waals surface area contributed by atoms with Crippen molar-refractivity contribution in [1.82, 2.24) is 14.9 Å². The van der Waals surface area contributed by atoms with Gasteiger partial charge in [-0.05, 0) is 45.4 Å². The molecule has 1 unspecified atom stereocenters. The van der Waals surface area contributed by atoms with Crippen LogP contribution in [-0.4, -0.2) is 22.6 Å². The monoisotopic (exact) mass is 291 g/mol. The maximum atomic E-state index is 6.43. The normalized spacial score (nSPS) is 23.6. The smallest absolute Gasteiger partial charge is 0.117 e. The molecule has 3 rings (SSSR count). The van der Waals surface area contributed by atoms with E-state index < -0.39 is 0 Å². The summed E-state index contributed by atoms with van der Waals surface area (Å²) in [4.78, 5) is 4.93. The summed E-state index contributed by atoms with van der Waals surface area (Å²) in [5.41, 5.74) is 2.17. The minimum Gasteiger partial charge on any atom is -0.324 e. The lowest BCUT2D eigenvalue weighted by atomic mass is 9.81. The van der Waals surface area contributed by atoms with E-state index in [1.807, 2.05) is 12.1 Å². The third kappa shape index (κ3) is 2.13. The van der Waals surface area contributed by atoms with E-state index in [0.717, 1.165) is 29.1 Å². The van der Waals surface area contributed by atoms with Gasteiger partial charge in [-0.25, -0.2) is 4.98 Å². The molecule has 0 radical (unpaired) electrons. The SMILES string of the molecule is CC(C)n1c(C2(C)CCCNC2)nc2cccc(Cl)c21. The average Bonchev–Trinajstić information content (AvgIpc) is 2.81. The first-order chi connectivity index (χ1) is 9.53. The van der Waals surface area contributed by atoms with Crippen LogP contribution in [0, 0.1) is 0 Å². The zero-order chi connectivity index (χ0) is 14.3. The van der Waals surface area contributed by atoms with Gasteiger partial charge < -0.3 is 9.88 Å². The topological polar surface area (TPSA) is 29.9 Å². The van der Waals surface area contributed by atoms with Crippen molar-refractivity contribution in [2.45, 2.75) is 45.1 Å². The molecule has 0 amide bonds. The van der Waals surface area contributed by atoms with Gasteiger partial charge in [-0.15, -0.1) is 0 Å². The third-order valence-corrected chi connectivity index (χ3v) is 4.62. The number of benzene rings is 1. The van der Waals surface area contributed by atoms with Crippen LogP contribution in [0.5, 0.6) is 0 Å². The zero-order valence-corrected chi connectivity index (χ0v) is 13.2. The van der Waals surface area contributed by atoms with Crippen molar-refractivity contribution in [3.63, 3.8) is 0 Å². The predicted octanol–water partition coefficient (Wildman–Crippen LogP) is 3.91. The molecule has 0 saturated carbocycles. The Labute approximate surface area is 125 Å². The molecular weight excluding hydrogens is 270 g/mol. The number of piperidine rings is 1. The molecule has 4 heteroatoms. The molecule has 0 aliphatic carbocycles. The molecule has 2 aromatic rings. The summed E-state index contributed by atoms with van der Waals surface area (Å²) in [5.74, 6) is 1.17. The summed E-state index contributed by atoms with van der Waals surface area (Å²) in [6, 6.07) is 6.35. The Hall–Kier alpha value is -1.06. The van der Waals surface area contributed by atoms with E-state index in [0.29, 0.717) is 6.04 Å². The van der Waals surface area contributed by atoms with Gasteiger partial charge in [-0.1, -0.05) is 24.6 Å². The Morgan fingerprint density at radius 1 is 1.40 bits per heavy atom. The molecule has 1 aromatic heterocycles. The van der Waals surface area contributed by atoms with Crippen LogP contribution in [0.15, 0.2) is 18.2 Å². The van der Waals surface area contributed by atoms with Gasteiger partial charge in [-0.2, -0.15) is 0 Å².